The number of benzene rings is 3. The molecule has 1 atom stereocenters. The van der Waals surface area contributed by atoms with E-state index in [4.69, 9.17) is 4.98 Å². The van der Waals surface area contributed by atoms with Crippen LogP contribution >= 0.6 is 0 Å². The number of hydrogen-bond donors (Lipinski definition) is 3. The van der Waals surface area contributed by atoms with Crippen LogP contribution in [0.1, 0.15) is 28.4 Å². The van der Waals surface area contributed by atoms with Gasteiger partial charge in [-0.3, -0.25) is 14.9 Å². The summed E-state index contributed by atoms with van der Waals surface area (Å²) in [4.78, 5) is 42.2. The molecule has 5 rings (SSSR count). The Morgan fingerprint density at radius 2 is 1.74 bits per heavy atom. The molecule has 4 aromatic rings. The van der Waals surface area contributed by atoms with Gasteiger partial charge in [-0.05, 0) is 49.7 Å². The van der Waals surface area contributed by atoms with Crippen LogP contribution in [-0.2, 0) is 10.3 Å². The van der Waals surface area contributed by atoms with Crippen LogP contribution in [0.5, 0.6) is 0 Å². The number of rotatable bonds is 4. The number of amides is 4. The minimum Gasteiger partial charge on any atom is -0.322 e. The van der Waals surface area contributed by atoms with Crippen LogP contribution in [0.3, 0.4) is 0 Å². The molecule has 1 saturated heterocycles. The smallest absolute Gasteiger partial charge is 0.322 e. The molecule has 3 N–H and O–H groups in total. The topological polar surface area (TPSA) is 100 Å². The van der Waals surface area contributed by atoms with Gasteiger partial charge in [0.2, 0.25) is 0 Å². The second-order valence-corrected chi connectivity index (χ2v) is 8.51. The summed E-state index contributed by atoms with van der Waals surface area (Å²) in [5.74, 6) is -0.735. The minimum atomic E-state index is -1.21. The zero-order chi connectivity index (χ0) is 23.9. The van der Waals surface area contributed by atoms with E-state index >= 15 is 0 Å². The molecular weight excluding hydrogens is 428 g/mol. The van der Waals surface area contributed by atoms with Crippen LogP contribution < -0.4 is 16.0 Å². The van der Waals surface area contributed by atoms with Crippen molar-refractivity contribution in [2.24, 2.45) is 0 Å². The number of imide groups is 1. The molecule has 3 aromatic carbocycles. The SMILES string of the molecule is Cc1ccc2nc(-c3ccccc3)cc(C(=O)Nc3cccc(C4(C)NC(=O)NC4=O)c3)c2c1. The third kappa shape index (κ3) is 3.77. The number of fused-ring (bicyclic) bond motifs is 1. The quantitative estimate of drug-likeness (QED) is 0.398. The van der Waals surface area contributed by atoms with E-state index in [-0.39, 0.29) is 5.91 Å². The molecule has 7 heteroatoms. The van der Waals surface area contributed by atoms with Crippen molar-refractivity contribution in [3.8, 4) is 11.3 Å². The second kappa shape index (κ2) is 8.12. The van der Waals surface area contributed by atoms with Crippen molar-refractivity contribution in [1.82, 2.24) is 15.6 Å². The molecule has 1 fully saturated rings. The van der Waals surface area contributed by atoms with Crippen molar-refractivity contribution in [2.45, 2.75) is 19.4 Å². The van der Waals surface area contributed by atoms with Crippen LogP contribution in [0.4, 0.5) is 10.5 Å². The van der Waals surface area contributed by atoms with E-state index in [2.05, 4.69) is 16.0 Å². The number of pyridine rings is 1. The zero-order valence-corrected chi connectivity index (χ0v) is 18.7. The lowest BCUT2D eigenvalue weighted by molar-refractivity contribution is -0.123. The summed E-state index contributed by atoms with van der Waals surface area (Å²) < 4.78 is 0. The van der Waals surface area contributed by atoms with E-state index in [9.17, 15) is 14.4 Å². The maximum Gasteiger partial charge on any atom is 0.322 e. The highest BCUT2D eigenvalue weighted by molar-refractivity contribution is 6.13. The number of aryl methyl sites for hydroxylation is 1. The first-order valence-electron chi connectivity index (χ1n) is 10.9. The maximum atomic E-state index is 13.5. The Morgan fingerprint density at radius 3 is 2.47 bits per heavy atom. The Kier molecular flexibility index (Phi) is 5.09. The molecule has 0 saturated carbocycles. The average Bonchev–Trinajstić information content (AvgIpc) is 3.11. The highest BCUT2D eigenvalue weighted by Crippen LogP contribution is 2.29. The van der Waals surface area contributed by atoms with Crippen LogP contribution in [0.2, 0.25) is 0 Å². The monoisotopic (exact) mass is 450 g/mol. The number of anilines is 1. The van der Waals surface area contributed by atoms with Crippen LogP contribution in [-0.4, -0.2) is 22.8 Å². The molecule has 34 heavy (non-hydrogen) atoms. The summed E-state index contributed by atoms with van der Waals surface area (Å²) in [7, 11) is 0. The lowest BCUT2D eigenvalue weighted by Crippen LogP contribution is -2.40. The molecule has 0 radical (unpaired) electrons. The van der Waals surface area contributed by atoms with E-state index in [0.29, 0.717) is 22.5 Å². The van der Waals surface area contributed by atoms with E-state index in [0.717, 1.165) is 22.0 Å². The highest BCUT2D eigenvalue weighted by atomic mass is 16.2. The fourth-order valence-electron chi connectivity index (χ4n) is 4.14. The maximum absolute atomic E-state index is 13.5. The van der Waals surface area contributed by atoms with Crippen molar-refractivity contribution in [3.05, 3.63) is 95.6 Å². The Balaban J connectivity index is 1.54. The van der Waals surface area contributed by atoms with Crippen molar-refractivity contribution in [2.75, 3.05) is 5.32 Å². The molecule has 0 aliphatic carbocycles. The van der Waals surface area contributed by atoms with Gasteiger partial charge in [-0.1, -0.05) is 54.1 Å². The standard InChI is InChI=1S/C27H22N4O3/c1-16-11-12-22-20(13-16)21(15-23(29-22)17-7-4-3-5-8-17)24(32)28-19-10-6-9-18(14-19)27(2)25(33)30-26(34)31-27/h3-15H,1-2H3,(H,28,32)(H2,30,31,33,34). The molecule has 7 nitrogen and oxygen atoms in total. The summed E-state index contributed by atoms with van der Waals surface area (Å²) >= 11 is 0. The molecule has 4 amide bonds. The van der Waals surface area contributed by atoms with Gasteiger partial charge < -0.3 is 10.6 Å². The molecule has 1 aromatic heterocycles. The Labute approximate surface area is 196 Å². The number of carbonyl (C=O) groups is 3. The van der Waals surface area contributed by atoms with Crippen molar-refractivity contribution < 1.29 is 14.4 Å². The normalized spacial score (nSPS) is 17.4. The minimum absolute atomic E-state index is 0.294. The largest absolute Gasteiger partial charge is 0.322 e. The lowest BCUT2D eigenvalue weighted by Gasteiger charge is -2.21. The molecule has 1 aliphatic heterocycles. The van der Waals surface area contributed by atoms with Gasteiger partial charge in [-0.25, -0.2) is 9.78 Å². The highest BCUT2D eigenvalue weighted by Gasteiger charge is 2.43. The van der Waals surface area contributed by atoms with Gasteiger partial charge in [-0.15, -0.1) is 0 Å². The second-order valence-electron chi connectivity index (χ2n) is 8.51. The first-order valence-corrected chi connectivity index (χ1v) is 10.9. The van der Waals surface area contributed by atoms with E-state index in [1.807, 2.05) is 55.5 Å². The van der Waals surface area contributed by atoms with Gasteiger partial charge in [0.1, 0.15) is 5.54 Å². The Morgan fingerprint density at radius 1 is 0.941 bits per heavy atom. The van der Waals surface area contributed by atoms with Gasteiger partial charge in [0, 0.05) is 16.6 Å². The lowest BCUT2D eigenvalue weighted by atomic mass is 9.92. The fraction of sp³-hybridized carbons (Fsp3) is 0.111. The van der Waals surface area contributed by atoms with E-state index in [1.54, 1.807) is 37.3 Å². The fourth-order valence-corrected chi connectivity index (χ4v) is 4.14. The number of carbonyl (C=O) groups excluding carboxylic acids is 3. The summed E-state index contributed by atoms with van der Waals surface area (Å²) in [5.41, 5.74) is 3.73. The van der Waals surface area contributed by atoms with Gasteiger partial charge >= 0.3 is 6.03 Å². The number of hydrogen-bond acceptors (Lipinski definition) is 4. The van der Waals surface area contributed by atoms with Gasteiger partial charge in [-0.2, -0.15) is 0 Å². The summed E-state index contributed by atoms with van der Waals surface area (Å²) in [5, 5.41) is 8.60. The number of urea groups is 1. The molecular formula is C27H22N4O3. The predicted molar refractivity (Wildman–Crippen MR) is 130 cm³/mol. The Hall–Kier alpha value is -4.52. The van der Waals surface area contributed by atoms with Crippen molar-refractivity contribution in [3.63, 3.8) is 0 Å². The van der Waals surface area contributed by atoms with Crippen molar-refractivity contribution >= 4 is 34.4 Å². The van der Waals surface area contributed by atoms with Gasteiger partial charge in [0.05, 0.1) is 16.8 Å². The van der Waals surface area contributed by atoms with Crippen LogP contribution in [0, 0.1) is 6.92 Å². The van der Waals surface area contributed by atoms with Crippen LogP contribution in [0.25, 0.3) is 22.2 Å². The van der Waals surface area contributed by atoms with E-state index in [1.165, 1.54) is 0 Å². The molecule has 0 spiro atoms. The molecule has 1 unspecified atom stereocenters. The molecule has 2 heterocycles. The van der Waals surface area contributed by atoms with E-state index < -0.39 is 17.5 Å². The number of nitrogens with zero attached hydrogens (tertiary/aromatic N) is 1. The summed E-state index contributed by atoms with van der Waals surface area (Å²) in [6, 6.07) is 23.7. The number of aromatic nitrogens is 1. The summed E-state index contributed by atoms with van der Waals surface area (Å²) in [6.07, 6.45) is 0. The molecule has 1 aliphatic rings. The third-order valence-electron chi connectivity index (χ3n) is 6.02. The Bertz CT molecular complexity index is 1470. The first kappa shape index (κ1) is 21.3. The van der Waals surface area contributed by atoms with Crippen LogP contribution in [0.15, 0.2) is 78.9 Å². The van der Waals surface area contributed by atoms with Crippen molar-refractivity contribution in [1.29, 1.82) is 0 Å². The molecule has 168 valence electrons. The molecule has 0 bridgehead atoms. The predicted octanol–water partition coefficient (Wildman–Crippen LogP) is 4.52. The van der Waals surface area contributed by atoms with Gasteiger partial charge in [0.25, 0.3) is 11.8 Å². The van der Waals surface area contributed by atoms with Gasteiger partial charge in [0.15, 0.2) is 0 Å². The third-order valence-corrected chi connectivity index (χ3v) is 6.02. The zero-order valence-electron chi connectivity index (χ0n) is 18.7. The number of nitrogens with one attached hydrogen (secondary N) is 3. The first-order chi connectivity index (χ1) is 16.3. The summed E-state index contributed by atoms with van der Waals surface area (Å²) in [6.45, 7) is 3.59. The average molecular weight is 450 g/mol.